The molecule has 0 amide bonds. The quantitative estimate of drug-likeness (QED) is 0.600. The number of non-ortho nitro benzene ring substituents is 1. The number of nitro groups is 1. The Balaban J connectivity index is 1.99. The summed E-state index contributed by atoms with van der Waals surface area (Å²) in [6.45, 7) is -0.0845. The first kappa shape index (κ1) is 18.2. The third kappa shape index (κ3) is 3.16. The largest absolute Gasteiger partial charge is 0.508 e. The molecule has 1 atom stereocenters. The van der Waals surface area contributed by atoms with Crippen LogP contribution in [-0.2, 0) is 10.0 Å². The Bertz CT molecular complexity index is 1070. The van der Waals surface area contributed by atoms with E-state index in [4.69, 9.17) is 5.73 Å². The molecule has 2 aromatic carbocycles. The molecule has 1 aliphatic heterocycles. The van der Waals surface area contributed by atoms with Crippen LogP contribution in [0.25, 0.3) is 0 Å². The molecule has 2 aromatic rings. The molecule has 3 rings (SSSR count). The lowest BCUT2D eigenvalue weighted by Gasteiger charge is -2.20. The van der Waals surface area contributed by atoms with Crippen molar-refractivity contribution in [2.24, 2.45) is 5.73 Å². The molecular weight excluding hydrogens is 372 g/mol. The van der Waals surface area contributed by atoms with E-state index in [0.717, 1.165) is 28.6 Å². The molecule has 0 bridgehead atoms. The van der Waals surface area contributed by atoms with Gasteiger partial charge in [-0.1, -0.05) is 12.1 Å². The van der Waals surface area contributed by atoms with Crippen LogP contribution in [0.3, 0.4) is 0 Å². The highest BCUT2D eigenvalue weighted by Gasteiger charge is 2.38. The minimum Gasteiger partial charge on any atom is -0.508 e. The van der Waals surface area contributed by atoms with Gasteiger partial charge in [-0.15, -0.1) is 0 Å². The lowest BCUT2D eigenvalue weighted by Crippen LogP contribution is -2.32. The molecule has 10 heteroatoms. The van der Waals surface area contributed by atoms with Gasteiger partial charge in [0, 0.05) is 24.6 Å². The molecule has 0 aliphatic carbocycles. The maximum atomic E-state index is 12.9. The van der Waals surface area contributed by atoms with Crippen LogP contribution in [0.4, 0.5) is 5.69 Å². The number of phenolic OH excluding ortho intramolecular Hbond substituents is 1. The fraction of sp³-hybridized carbons (Fsp3) is 0.118. The van der Waals surface area contributed by atoms with Crippen LogP contribution < -0.4 is 5.73 Å². The fourth-order valence-corrected chi connectivity index (χ4v) is 4.31. The van der Waals surface area contributed by atoms with Crippen molar-refractivity contribution in [3.63, 3.8) is 0 Å². The summed E-state index contributed by atoms with van der Waals surface area (Å²) in [4.78, 5) is 9.94. The van der Waals surface area contributed by atoms with E-state index in [9.17, 15) is 28.9 Å². The van der Waals surface area contributed by atoms with Crippen molar-refractivity contribution in [2.45, 2.75) is 10.8 Å². The Morgan fingerprint density at radius 2 is 1.78 bits per heavy atom. The van der Waals surface area contributed by atoms with E-state index in [2.05, 4.69) is 0 Å². The number of benzene rings is 2. The summed E-state index contributed by atoms with van der Waals surface area (Å²) in [5, 5.41) is 29.6. The van der Waals surface area contributed by atoms with Crippen molar-refractivity contribution in [1.29, 1.82) is 5.26 Å². The molecule has 3 N–H and O–H groups in total. The normalized spacial score (nSPS) is 17.0. The third-order valence-corrected chi connectivity index (χ3v) is 6.09. The van der Waals surface area contributed by atoms with Crippen LogP contribution in [0.5, 0.6) is 5.75 Å². The molecule has 138 valence electrons. The summed E-state index contributed by atoms with van der Waals surface area (Å²) in [6, 6.07) is 12.4. The van der Waals surface area contributed by atoms with Crippen LogP contribution in [0.1, 0.15) is 11.5 Å². The van der Waals surface area contributed by atoms with Gasteiger partial charge in [-0.25, -0.2) is 8.42 Å². The predicted molar refractivity (Wildman–Crippen MR) is 94.7 cm³/mol. The Morgan fingerprint density at radius 3 is 2.30 bits per heavy atom. The monoisotopic (exact) mass is 386 g/mol. The minimum atomic E-state index is -4.10. The fourth-order valence-electron chi connectivity index (χ4n) is 2.88. The predicted octanol–water partition coefficient (Wildman–Crippen LogP) is 1.78. The highest BCUT2D eigenvalue weighted by atomic mass is 32.2. The van der Waals surface area contributed by atoms with Gasteiger partial charge in [0.15, 0.2) is 0 Å². The van der Waals surface area contributed by atoms with E-state index in [0.29, 0.717) is 5.56 Å². The molecule has 0 radical (unpaired) electrons. The number of sulfonamides is 1. The summed E-state index contributed by atoms with van der Waals surface area (Å²) in [7, 11) is -4.10. The SMILES string of the molecule is N#CC1=C(N)N(S(=O)(=O)c2ccc([N+](=O)[O-])cc2)CC1c1ccc(O)cc1. The first-order valence-corrected chi connectivity index (χ1v) is 9.15. The number of hydrogen-bond acceptors (Lipinski definition) is 7. The smallest absolute Gasteiger partial charge is 0.269 e. The number of nitriles is 1. The number of rotatable bonds is 4. The Hall–Kier alpha value is -3.58. The molecular formula is C17H14N4O5S. The van der Waals surface area contributed by atoms with Gasteiger partial charge in [-0.05, 0) is 29.8 Å². The molecule has 9 nitrogen and oxygen atoms in total. The van der Waals surface area contributed by atoms with Gasteiger partial charge in [0.1, 0.15) is 11.6 Å². The molecule has 1 aliphatic rings. The molecule has 1 heterocycles. The zero-order chi connectivity index (χ0) is 19.8. The number of aromatic hydroxyl groups is 1. The van der Waals surface area contributed by atoms with Crippen molar-refractivity contribution in [3.8, 4) is 11.8 Å². The van der Waals surface area contributed by atoms with Crippen LogP contribution >= 0.6 is 0 Å². The van der Waals surface area contributed by atoms with Gasteiger partial charge < -0.3 is 10.8 Å². The van der Waals surface area contributed by atoms with E-state index < -0.39 is 20.9 Å². The average molecular weight is 386 g/mol. The van der Waals surface area contributed by atoms with Gasteiger partial charge >= 0.3 is 0 Å². The Labute approximate surface area is 154 Å². The highest BCUT2D eigenvalue weighted by Crippen LogP contribution is 2.37. The van der Waals surface area contributed by atoms with E-state index in [-0.39, 0.29) is 34.3 Å². The summed E-state index contributed by atoms with van der Waals surface area (Å²) in [6.07, 6.45) is 0. The van der Waals surface area contributed by atoms with Gasteiger partial charge in [0.05, 0.1) is 21.5 Å². The second-order valence-corrected chi connectivity index (χ2v) is 7.70. The van der Waals surface area contributed by atoms with Crippen molar-refractivity contribution in [1.82, 2.24) is 4.31 Å². The van der Waals surface area contributed by atoms with Crippen LogP contribution in [0.2, 0.25) is 0 Å². The molecule has 0 fully saturated rings. The van der Waals surface area contributed by atoms with Crippen LogP contribution in [-0.4, -0.2) is 29.3 Å². The van der Waals surface area contributed by atoms with Crippen molar-refractivity contribution >= 4 is 15.7 Å². The summed E-state index contributed by atoms with van der Waals surface area (Å²) < 4.78 is 26.7. The van der Waals surface area contributed by atoms with E-state index in [1.165, 1.54) is 12.1 Å². The van der Waals surface area contributed by atoms with Crippen LogP contribution in [0, 0.1) is 21.4 Å². The zero-order valence-corrected chi connectivity index (χ0v) is 14.6. The molecule has 0 spiro atoms. The average Bonchev–Trinajstić information content (AvgIpc) is 2.99. The molecule has 27 heavy (non-hydrogen) atoms. The first-order chi connectivity index (χ1) is 12.8. The Kier molecular flexibility index (Phi) is 4.47. The first-order valence-electron chi connectivity index (χ1n) is 7.71. The second kappa shape index (κ2) is 6.62. The summed E-state index contributed by atoms with van der Waals surface area (Å²) >= 11 is 0. The van der Waals surface area contributed by atoms with Gasteiger partial charge in [-0.2, -0.15) is 5.26 Å². The van der Waals surface area contributed by atoms with Crippen molar-refractivity contribution in [3.05, 3.63) is 75.6 Å². The van der Waals surface area contributed by atoms with Gasteiger partial charge in [0.25, 0.3) is 15.7 Å². The number of nitrogens with zero attached hydrogens (tertiary/aromatic N) is 3. The lowest BCUT2D eigenvalue weighted by molar-refractivity contribution is -0.384. The third-order valence-electron chi connectivity index (χ3n) is 4.29. The zero-order valence-electron chi connectivity index (χ0n) is 13.8. The van der Waals surface area contributed by atoms with E-state index >= 15 is 0 Å². The highest BCUT2D eigenvalue weighted by molar-refractivity contribution is 7.89. The maximum Gasteiger partial charge on any atom is 0.269 e. The standard InChI is InChI=1S/C17H14N4O5S/c18-9-15-16(11-1-5-13(22)6-2-11)10-20(17(15)19)27(25,26)14-7-3-12(4-8-14)21(23)24/h1-8,16,22H,10,19H2. The molecule has 0 saturated carbocycles. The molecule has 1 unspecified atom stereocenters. The number of nitrogens with two attached hydrogens (primary N) is 1. The summed E-state index contributed by atoms with van der Waals surface area (Å²) in [5.74, 6) is -0.722. The second-order valence-electron chi connectivity index (χ2n) is 5.84. The van der Waals surface area contributed by atoms with Crippen molar-refractivity contribution in [2.75, 3.05) is 6.54 Å². The van der Waals surface area contributed by atoms with E-state index in [1.807, 2.05) is 6.07 Å². The molecule has 0 aromatic heterocycles. The van der Waals surface area contributed by atoms with E-state index in [1.54, 1.807) is 12.1 Å². The topological polar surface area (TPSA) is 151 Å². The minimum absolute atomic E-state index is 0.0440. The van der Waals surface area contributed by atoms with Crippen molar-refractivity contribution < 1.29 is 18.4 Å². The molecule has 0 saturated heterocycles. The Morgan fingerprint density at radius 1 is 1.19 bits per heavy atom. The summed E-state index contributed by atoms with van der Waals surface area (Å²) in [5.41, 5.74) is 6.44. The van der Waals surface area contributed by atoms with Gasteiger partial charge in [0.2, 0.25) is 0 Å². The lowest BCUT2D eigenvalue weighted by atomic mass is 9.94. The van der Waals surface area contributed by atoms with Crippen LogP contribution in [0.15, 0.2) is 64.8 Å². The number of hydrogen-bond donors (Lipinski definition) is 2. The number of phenols is 1. The maximum absolute atomic E-state index is 12.9. The number of nitro benzene ring substituents is 1. The van der Waals surface area contributed by atoms with Gasteiger partial charge in [-0.3, -0.25) is 14.4 Å².